The van der Waals surface area contributed by atoms with E-state index in [-0.39, 0.29) is 12.3 Å². The maximum atomic E-state index is 13.8. The molecule has 4 rings (SSSR count). The van der Waals surface area contributed by atoms with Crippen molar-refractivity contribution in [3.05, 3.63) is 83.7 Å². The van der Waals surface area contributed by atoms with Gasteiger partial charge in [0.25, 0.3) is 11.8 Å². The maximum Gasteiger partial charge on any atom is 0.262 e. The quantitative estimate of drug-likeness (QED) is 0.468. The van der Waals surface area contributed by atoms with E-state index in [0.717, 1.165) is 22.3 Å². The van der Waals surface area contributed by atoms with Crippen LogP contribution in [0.5, 0.6) is 5.75 Å². The number of anilines is 1. The van der Waals surface area contributed by atoms with Crippen molar-refractivity contribution in [2.75, 3.05) is 11.9 Å². The summed E-state index contributed by atoms with van der Waals surface area (Å²) in [4.78, 5) is 16.5. The fourth-order valence-electron chi connectivity index (χ4n) is 2.92. The van der Waals surface area contributed by atoms with Crippen molar-refractivity contribution in [3.63, 3.8) is 0 Å². The van der Waals surface area contributed by atoms with Gasteiger partial charge in [-0.1, -0.05) is 41.1 Å². The lowest BCUT2D eigenvalue weighted by Crippen LogP contribution is -2.20. The van der Waals surface area contributed by atoms with E-state index in [1.165, 1.54) is 6.07 Å². The van der Waals surface area contributed by atoms with Gasteiger partial charge in [0.2, 0.25) is 5.82 Å². The monoisotopic (exact) mass is 417 g/mol. The number of aryl methyl sites for hydroxylation is 2. The molecule has 0 radical (unpaired) electrons. The highest BCUT2D eigenvalue weighted by atomic mass is 19.1. The standard InChI is InChI=1S/C24H20FN3O3/c1-15-3-6-17(7-4-15)23-27-24(31-28-23)18-8-10-19(11-9-18)30-14-22(29)26-21-13-16(2)5-12-20(21)25/h3-13H,14H2,1-2H3,(H,26,29). The van der Waals surface area contributed by atoms with Gasteiger partial charge in [-0.15, -0.1) is 0 Å². The molecule has 1 heterocycles. The maximum absolute atomic E-state index is 13.8. The minimum absolute atomic E-state index is 0.129. The van der Waals surface area contributed by atoms with Crippen molar-refractivity contribution in [3.8, 4) is 28.6 Å². The number of nitrogens with zero attached hydrogens (tertiary/aromatic N) is 2. The van der Waals surface area contributed by atoms with Gasteiger partial charge in [-0.2, -0.15) is 4.98 Å². The third-order valence-electron chi connectivity index (χ3n) is 4.60. The number of hydrogen-bond donors (Lipinski definition) is 1. The van der Waals surface area contributed by atoms with Gasteiger partial charge in [-0.05, 0) is 55.8 Å². The summed E-state index contributed by atoms with van der Waals surface area (Å²) in [5.74, 6) is 0.438. The number of carbonyl (C=O) groups excluding carboxylic acids is 1. The second kappa shape index (κ2) is 8.79. The molecular weight excluding hydrogens is 397 g/mol. The molecule has 0 atom stereocenters. The molecule has 0 bridgehead atoms. The number of aromatic nitrogens is 2. The molecular formula is C24H20FN3O3. The topological polar surface area (TPSA) is 77.2 Å². The molecule has 0 saturated heterocycles. The summed E-state index contributed by atoms with van der Waals surface area (Å²) in [6, 6.07) is 19.3. The van der Waals surface area contributed by atoms with Crippen LogP contribution < -0.4 is 10.1 Å². The number of rotatable bonds is 6. The summed E-state index contributed by atoms with van der Waals surface area (Å²) in [5, 5.41) is 6.53. The second-order valence-corrected chi connectivity index (χ2v) is 7.13. The first kappa shape index (κ1) is 20.3. The summed E-state index contributed by atoms with van der Waals surface area (Å²) in [6.07, 6.45) is 0. The average molecular weight is 417 g/mol. The Morgan fingerprint density at radius 1 is 0.968 bits per heavy atom. The molecule has 0 fully saturated rings. The van der Waals surface area contributed by atoms with Gasteiger partial charge in [0.1, 0.15) is 11.6 Å². The van der Waals surface area contributed by atoms with E-state index >= 15 is 0 Å². The fourth-order valence-corrected chi connectivity index (χ4v) is 2.92. The van der Waals surface area contributed by atoms with Crippen LogP contribution in [0.2, 0.25) is 0 Å². The van der Waals surface area contributed by atoms with Crippen LogP contribution in [0.4, 0.5) is 10.1 Å². The van der Waals surface area contributed by atoms with Gasteiger partial charge >= 0.3 is 0 Å². The Balaban J connectivity index is 1.37. The fraction of sp³-hybridized carbons (Fsp3) is 0.125. The zero-order valence-electron chi connectivity index (χ0n) is 17.1. The number of halogens is 1. The molecule has 31 heavy (non-hydrogen) atoms. The number of nitrogens with one attached hydrogen (secondary N) is 1. The van der Waals surface area contributed by atoms with Crippen molar-refractivity contribution in [2.45, 2.75) is 13.8 Å². The molecule has 0 aliphatic carbocycles. The lowest BCUT2D eigenvalue weighted by molar-refractivity contribution is -0.118. The van der Waals surface area contributed by atoms with Gasteiger partial charge in [-0.25, -0.2) is 4.39 Å². The zero-order valence-corrected chi connectivity index (χ0v) is 17.1. The first-order chi connectivity index (χ1) is 15.0. The molecule has 7 heteroatoms. The van der Waals surface area contributed by atoms with Crippen LogP contribution in [-0.2, 0) is 4.79 Å². The van der Waals surface area contributed by atoms with Gasteiger partial charge in [0.15, 0.2) is 6.61 Å². The van der Waals surface area contributed by atoms with Crippen molar-refractivity contribution in [2.24, 2.45) is 0 Å². The minimum atomic E-state index is -0.493. The van der Waals surface area contributed by atoms with Crippen molar-refractivity contribution in [1.29, 1.82) is 0 Å². The van der Waals surface area contributed by atoms with E-state index in [1.54, 1.807) is 36.4 Å². The lowest BCUT2D eigenvalue weighted by Gasteiger charge is -2.09. The molecule has 1 aromatic heterocycles. The Labute approximate surface area is 178 Å². The molecule has 0 aliphatic heterocycles. The molecule has 1 N–H and O–H groups in total. The lowest BCUT2D eigenvalue weighted by atomic mass is 10.1. The van der Waals surface area contributed by atoms with Crippen LogP contribution in [0, 0.1) is 19.7 Å². The van der Waals surface area contributed by atoms with E-state index in [1.807, 2.05) is 38.1 Å². The molecule has 3 aromatic carbocycles. The molecule has 4 aromatic rings. The summed E-state index contributed by atoms with van der Waals surface area (Å²) in [6.45, 7) is 3.59. The average Bonchev–Trinajstić information content (AvgIpc) is 3.26. The first-order valence-corrected chi connectivity index (χ1v) is 9.68. The largest absolute Gasteiger partial charge is 0.484 e. The highest BCUT2D eigenvalue weighted by molar-refractivity contribution is 5.92. The van der Waals surface area contributed by atoms with E-state index in [0.29, 0.717) is 17.5 Å². The summed E-state index contributed by atoms with van der Waals surface area (Å²) in [5.41, 5.74) is 3.73. The van der Waals surface area contributed by atoms with E-state index in [4.69, 9.17) is 9.26 Å². The van der Waals surface area contributed by atoms with Gasteiger partial charge < -0.3 is 14.6 Å². The van der Waals surface area contributed by atoms with Gasteiger partial charge in [0.05, 0.1) is 5.69 Å². The Morgan fingerprint density at radius 3 is 2.39 bits per heavy atom. The molecule has 0 aliphatic rings. The Hall–Kier alpha value is -4.00. The molecule has 0 saturated carbocycles. The van der Waals surface area contributed by atoms with Gasteiger partial charge in [0, 0.05) is 11.1 Å². The zero-order chi connectivity index (χ0) is 21.8. The van der Waals surface area contributed by atoms with Crippen LogP contribution in [0.15, 0.2) is 71.3 Å². The van der Waals surface area contributed by atoms with Crippen molar-refractivity contribution >= 4 is 11.6 Å². The number of ether oxygens (including phenoxy) is 1. The second-order valence-electron chi connectivity index (χ2n) is 7.13. The molecule has 6 nitrogen and oxygen atoms in total. The van der Waals surface area contributed by atoms with Crippen LogP contribution in [0.3, 0.4) is 0 Å². The Morgan fingerprint density at radius 2 is 1.65 bits per heavy atom. The van der Waals surface area contributed by atoms with Crippen LogP contribution in [-0.4, -0.2) is 22.7 Å². The Bertz CT molecular complexity index is 1200. The number of amides is 1. The minimum Gasteiger partial charge on any atom is -0.484 e. The number of hydrogen-bond acceptors (Lipinski definition) is 5. The third-order valence-corrected chi connectivity index (χ3v) is 4.60. The van der Waals surface area contributed by atoms with Crippen LogP contribution >= 0.6 is 0 Å². The van der Waals surface area contributed by atoms with Crippen molar-refractivity contribution in [1.82, 2.24) is 10.1 Å². The molecule has 0 spiro atoms. The predicted molar refractivity (Wildman–Crippen MR) is 115 cm³/mol. The van der Waals surface area contributed by atoms with E-state index < -0.39 is 11.7 Å². The van der Waals surface area contributed by atoms with Gasteiger partial charge in [-0.3, -0.25) is 4.79 Å². The van der Waals surface area contributed by atoms with E-state index in [9.17, 15) is 9.18 Å². The summed E-state index contributed by atoms with van der Waals surface area (Å²) in [7, 11) is 0. The number of carbonyl (C=O) groups is 1. The number of benzene rings is 3. The van der Waals surface area contributed by atoms with Crippen LogP contribution in [0.1, 0.15) is 11.1 Å². The molecule has 1 amide bonds. The van der Waals surface area contributed by atoms with E-state index in [2.05, 4.69) is 15.5 Å². The normalized spacial score (nSPS) is 10.7. The summed E-state index contributed by atoms with van der Waals surface area (Å²) < 4.78 is 24.6. The third kappa shape index (κ3) is 4.95. The first-order valence-electron chi connectivity index (χ1n) is 9.68. The highest BCUT2D eigenvalue weighted by Crippen LogP contribution is 2.24. The molecule has 0 unspecified atom stereocenters. The summed E-state index contributed by atoms with van der Waals surface area (Å²) >= 11 is 0. The SMILES string of the molecule is Cc1ccc(-c2noc(-c3ccc(OCC(=O)Nc4cc(C)ccc4F)cc3)n2)cc1. The highest BCUT2D eigenvalue weighted by Gasteiger charge is 2.12. The van der Waals surface area contributed by atoms with Crippen molar-refractivity contribution < 1.29 is 18.4 Å². The molecule has 156 valence electrons. The Kier molecular flexibility index (Phi) is 5.75. The van der Waals surface area contributed by atoms with Crippen LogP contribution in [0.25, 0.3) is 22.8 Å². The smallest absolute Gasteiger partial charge is 0.262 e. The predicted octanol–water partition coefficient (Wildman–Crippen LogP) is 5.18.